The summed E-state index contributed by atoms with van der Waals surface area (Å²) in [4.78, 5) is 30.2. The van der Waals surface area contributed by atoms with E-state index in [1.54, 1.807) is 60.7 Å². The average molecular weight is 706 g/mol. The quantitative estimate of drug-likeness (QED) is 0.0679. The number of aromatic amines is 1. The first-order chi connectivity index (χ1) is 25.2. The van der Waals surface area contributed by atoms with Gasteiger partial charge in [0.2, 0.25) is 11.2 Å². The number of aliphatic hydroxyl groups is 2. The van der Waals surface area contributed by atoms with Gasteiger partial charge in [-0.3, -0.25) is 15.0 Å². The Morgan fingerprint density at radius 3 is 2.21 bits per heavy atom. The van der Waals surface area contributed by atoms with Gasteiger partial charge in [-0.25, -0.2) is 4.79 Å². The van der Waals surface area contributed by atoms with Crippen LogP contribution in [0.2, 0.25) is 0 Å². The number of aliphatic hydroxyl groups excluding tert-OH is 1. The second kappa shape index (κ2) is 17.0. The number of benzene rings is 4. The zero-order valence-corrected chi connectivity index (χ0v) is 29.4. The van der Waals surface area contributed by atoms with Crippen LogP contribution in [0, 0.1) is 5.92 Å². The number of phenolic OH excluding ortho intramolecular Hbond substituents is 1. The molecule has 10 heteroatoms. The van der Waals surface area contributed by atoms with E-state index >= 15 is 0 Å². The number of phenols is 1. The summed E-state index contributed by atoms with van der Waals surface area (Å²) in [6.07, 6.45) is 2.18. The molecule has 0 spiro atoms. The van der Waals surface area contributed by atoms with Crippen molar-refractivity contribution in [3.8, 4) is 11.5 Å². The Labute approximate surface area is 303 Å². The van der Waals surface area contributed by atoms with E-state index in [0.717, 1.165) is 51.1 Å². The van der Waals surface area contributed by atoms with Crippen LogP contribution < -0.4 is 15.6 Å². The number of hydrogen-bond acceptors (Lipinski definition) is 9. The Morgan fingerprint density at radius 1 is 0.923 bits per heavy atom. The van der Waals surface area contributed by atoms with Gasteiger partial charge in [0.05, 0.1) is 18.2 Å². The van der Waals surface area contributed by atoms with Crippen molar-refractivity contribution in [1.29, 1.82) is 0 Å². The molecule has 0 unspecified atom stereocenters. The molecule has 272 valence electrons. The van der Waals surface area contributed by atoms with Crippen molar-refractivity contribution in [2.75, 3.05) is 26.2 Å². The van der Waals surface area contributed by atoms with E-state index in [4.69, 9.17) is 9.47 Å². The van der Waals surface area contributed by atoms with Gasteiger partial charge in [-0.05, 0) is 84.8 Å². The lowest BCUT2D eigenvalue weighted by atomic mass is 9.86. The molecule has 2 atom stereocenters. The van der Waals surface area contributed by atoms with Gasteiger partial charge in [0.1, 0.15) is 17.7 Å². The minimum absolute atomic E-state index is 0.0482. The third kappa shape index (κ3) is 8.71. The summed E-state index contributed by atoms with van der Waals surface area (Å²) < 4.78 is 12.1. The summed E-state index contributed by atoms with van der Waals surface area (Å²) in [6.45, 7) is 5.10. The molecule has 5 aromatic rings. The topological polar surface area (TPSA) is 144 Å². The van der Waals surface area contributed by atoms with Crippen molar-refractivity contribution in [3.63, 3.8) is 0 Å². The van der Waals surface area contributed by atoms with Crippen LogP contribution in [0.15, 0.2) is 114 Å². The van der Waals surface area contributed by atoms with Crippen LogP contribution in [0.3, 0.4) is 0 Å². The molecule has 0 aliphatic carbocycles. The first-order valence-electron chi connectivity index (χ1n) is 18.0. The Morgan fingerprint density at radius 2 is 1.58 bits per heavy atom. The van der Waals surface area contributed by atoms with Crippen molar-refractivity contribution >= 4 is 16.9 Å². The van der Waals surface area contributed by atoms with Crippen LogP contribution in [-0.2, 0) is 21.7 Å². The standard InChI is InChI=1S/C42H47N3O7/c1-2-9-39(43-26-37(47)34-18-20-36(46)40-35(34)19-21-38(48)44-40)52-33-16-14-29(15-17-33)27-45-24-22-30(23-25-45)28-51-41(49)42(50,31-10-5-3-6-11-31)32-12-7-4-8-13-32/h3-8,10-21,30,37,39,43,46-47,50H,2,9,22-28H2,1H3,(H,44,48)/t37-,39+/m0/s1. The molecule has 1 aliphatic heterocycles. The number of fused-ring (bicyclic) bond motifs is 1. The molecule has 0 amide bonds. The molecule has 1 saturated heterocycles. The van der Waals surface area contributed by atoms with E-state index in [1.165, 1.54) is 17.7 Å². The smallest absolute Gasteiger partial charge is 0.347 e. The number of carbonyl (C=O) groups is 1. The van der Waals surface area contributed by atoms with Crippen molar-refractivity contribution < 1.29 is 29.6 Å². The number of aromatic hydroxyl groups is 1. The number of carbonyl (C=O) groups excluding carboxylic acids is 1. The van der Waals surface area contributed by atoms with Crippen LogP contribution in [0.1, 0.15) is 61.0 Å². The molecule has 1 aromatic heterocycles. The number of esters is 1. The fourth-order valence-electron chi connectivity index (χ4n) is 6.83. The van der Waals surface area contributed by atoms with Crippen LogP contribution in [0.4, 0.5) is 0 Å². The van der Waals surface area contributed by atoms with E-state index in [-0.39, 0.29) is 36.6 Å². The largest absolute Gasteiger partial charge is 0.506 e. The highest BCUT2D eigenvalue weighted by Gasteiger charge is 2.42. The number of piperidine rings is 1. The van der Waals surface area contributed by atoms with Gasteiger partial charge in [0, 0.05) is 24.5 Å². The van der Waals surface area contributed by atoms with Crippen molar-refractivity contribution in [2.45, 2.75) is 57.1 Å². The minimum Gasteiger partial charge on any atom is -0.506 e. The molecular weight excluding hydrogens is 658 g/mol. The summed E-state index contributed by atoms with van der Waals surface area (Å²) in [5.74, 6) is 0.230. The monoisotopic (exact) mass is 705 g/mol. The summed E-state index contributed by atoms with van der Waals surface area (Å²) in [7, 11) is 0. The van der Waals surface area contributed by atoms with Crippen LogP contribution in [0.25, 0.3) is 10.9 Å². The van der Waals surface area contributed by atoms with E-state index in [0.29, 0.717) is 27.6 Å². The fourth-order valence-corrected chi connectivity index (χ4v) is 6.83. The number of hydrogen-bond donors (Lipinski definition) is 5. The van der Waals surface area contributed by atoms with Crippen molar-refractivity contribution in [1.82, 2.24) is 15.2 Å². The maximum absolute atomic E-state index is 13.4. The summed E-state index contributed by atoms with van der Waals surface area (Å²) in [5, 5.41) is 36.8. The lowest BCUT2D eigenvalue weighted by Gasteiger charge is -2.33. The lowest BCUT2D eigenvalue weighted by molar-refractivity contribution is -0.164. The average Bonchev–Trinajstić information content (AvgIpc) is 3.18. The Balaban J connectivity index is 0.974. The summed E-state index contributed by atoms with van der Waals surface area (Å²) in [5.41, 5.74) is 0.822. The first-order valence-corrected chi connectivity index (χ1v) is 18.0. The van der Waals surface area contributed by atoms with Crippen LogP contribution >= 0.6 is 0 Å². The zero-order chi connectivity index (χ0) is 36.5. The number of rotatable bonds is 15. The maximum Gasteiger partial charge on any atom is 0.347 e. The zero-order valence-electron chi connectivity index (χ0n) is 29.4. The van der Waals surface area contributed by atoms with Gasteiger partial charge < -0.3 is 29.8 Å². The predicted octanol–water partition coefficient (Wildman–Crippen LogP) is 5.75. The lowest BCUT2D eigenvalue weighted by Crippen LogP contribution is -2.40. The van der Waals surface area contributed by atoms with Gasteiger partial charge in [0.15, 0.2) is 0 Å². The number of pyridine rings is 1. The molecule has 0 saturated carbocycles. The van der Waals surface area contributed by atoms with E-state index in [2.05, 4.69) is 34.3 Å². The number of H-pyrrole nitrogens is 1. The van der Waals surface area contributed by atoms with Gasteiger partial charge in [-0.2, -0.15) is 0 Å². The highest BCUT2D eigenvalue weighted by Crippen LogP contribution is 2.32. The third-order valence-corrected chi connectivity index (χ3v) is 9.80. The summed E-state index contributed by atoms with van der Waals surface area (Å²) >= 11 is 0. The number of likely N-dealkylation sites (tertiary alicyclic amines) is 1. The van der Waals surface area contributed by atoms with Crippen molar-refractivity contribution in [2.24, 2.45) is 5.92 Å². The third-order valence-electron chi connectivity index (χ3n) is 9.80. The molecule has 5 N–H and O–H groups in total. The molecule has 2 heterocycles. The second-order valence-electron chi connectivity index (χ2n) is 13.5. The number of nitrogens with zero attached hydrogens (tertiary/aromatic N) is 1. The fraction of sp³-hybridized carbons (Fsp3) is 0.333. The molecule has 0 bridgehead atoms. The molecule has 6 rings (SSSR count). The van der Waals surface area contributed by atoms with E-state index in [1.807, 2.05) is 24.3 Å². The predicted molar refractivity (Wildman–Crippen MR) is 200 cm³/mol. The molecular formula is C42H47N3O7. The van der Waals surface area contributed by atoms with Crippen LogP contribution in [0.5, 0.6) is 11.5 Å². The molecule has 10 nitrogen and oxygen atoms in total. The number of nitrogens with one attached hydrogen (secondary N) is 2. The Bertz CT molecular complexity index is 1920. The molecule has 1 fully saturated rings. The number of ether oxygens (including phenoxy) is 2. The Kier molecular flexibility index (Phi) is 12.0. The maximum atomic E-state index is 13.4. The van der Waals surface area contributed by atoms with E-state index < -0.39 is 17.7 Å². The Hall–Kier alpha value is -5.00. The van der Waals surface area contributed by atoms with Crippen LogP contribution in [-0.4, -0.2) is 63.6 Å². The molecule has 0 radical (unpaired) electrons. The second-order valence-corrected chi connectivity index (χ2v) is 13.5. The SMILES string of the molecule is CCC[C@H](NC[C@H](O)c1ccc(O)c2[nH]c(=O)ccc12)Oc1ccc(CN2CCC(COC(=O)C(O)(c3ccccc3)c3ccccc3)CC2)cc1. The van der Waals surface area contributed by atoms with Gasteiger partial charge >= 0.3 is 5.97 Å². The molecule has 4 aromatic carbocycles. The first kappa shape index (κ1) is 36.8. The highest BCUT2D eigenvalue weighted by molar-refractivity contribution is 5.87. The highest BCUT2D eigenvalue weighted by atomic mass is 16.5. The molecule has 52 heavy (non-hydrogen) atoms. The summed E-state index contributed by atoms with van der Waals surface area (Å²) in [6, 6.07) is 32.1. The normalized spacial score (nSPS) is 15.3. The number of aromatic nitrogens is 1. The minimum atomic E-state index is -1.88. The van der Waals surface area contributed by atoms with Crippen molar-refractivity contribution in [3.05, 3.63) is 142 Å². The van der Waals surface area contributed by atoms with Gasteiger partial charge in [-0.1, -0.05) is 92.2 Å². The van der Waals surface area contributed by atoms with Gasteiger partial charge in [-0.15, -0.1) is 0 Å². The molecule has 1 aliphatic rings. The van der Waals surface area contributed by atoms with Gasteiger partial charge in [0.25, 0.3) is 0 Å². The van der Waals surface area contributed by atoms with E-state index in [9.17, 15) is 24.9 Å².